The molecule has 0 bridgehead atoms. The van der Waals surface area contributed by atoms with Crippen LogP contribution < -0.4 is 56.7 Å². The molecule has 0 aromatic heterocycles. The van der Waals surface area contributed by atoms with Gasteiger partial charge in [-0.2, -0.15) is 0 Å². The summed E-state index contributed by atoms with van der Waals surface area (Å²) in [6.45, 7) is -1.33. The molecule has 1 amide bonds. The first-order valence-electron chi connectivity index (χ1n) is 6.52. The van der Waals surface area contributed by atoms with Gasteiger partial charge in [0.2, 0.25) is 0 Å². The number of rotatable bonds is 5. The van der Waals surface area contributed by atoms with E-state index in [1.165, 1.54) is 0 Å². The molecular formula is C9H18BF3KNO3. The van der Waals surface area contributed by atoms with Gasteiger partial charge in [-0.1, -0.05) is 6.32 Å². The second-order valence-corrected chi connectivity index (χ2v) is 4.60. The number of hydrogen-bond acceptors (Lipinski definition) is 3. The molecular weight excluding hydrogens is 277 g/mol. The summed E-state index contributed by atoms with van der Waals surface area (Å²) in [7, 11) is -2.83. The van der Waals surface area contributed by atoms with Gasteiger partial charge in [0.1, 0.15) is 5.60 Å². The molecule has 18 heavy (non-hydrogen) atoms. The van der Waals surface area contributed by atoms with Crippen LogP contribution >= 0.6 is 0 Å². The van der Waals surface area contributed by atoms with Crippen LogP contribution in [0.2, 0.25) is 6.32 Å². The van der Waals surface area contributed by atoms with Gasteiger partial charge in [0.25, 0.3) is 0 Å². The molecule has 0 aliphatic carbocycles. The van der Waals surface area contributed by atoms with Crippen molar-refractivity contribution < 1.29 is 82.7 Å². The topological polar surface area (TPSA) is 47.6 Å². The summed E-state index contributed by atoms with van der Waals surface area (Å²) in [6.07, 6.45) is -2.41. The molecule has 0 aromatic rings. The van der Waals surface area contributed by atoms with Gasteiger partial charge in [0.15, 0.2) is 0 Å². The quantitative estimate of drug-likeness (QED) is 0.688. The molecule has 0 aliphatic heterocycles. The smallest absolute Gasteiger partial charge is 0.449 e. The average Bonchev–Trinajstić information content (AvgIpc) is 2.06. The molecule has 0 radical (unpaired) electrons. The van der Waals surface area contributed by atoms with E-state index in [9.17, 15) is 17.7 Å². The van der Waals surface area contributed by atoms with E-state index in [2.05, 4.69) is 4.74 Å². The van der Waals surface area contributed by atoms with E-state index in [-0.39, 0.29) is 51.4 Å². The Kier molecular flexibility index (Phi) is 7.40. The van der Waals surface area contributed by atoms with Crippen molar-refractivity contribution in [1.29, 1.82) is 0 Å². The number of carbonyl (C=O) groups is 1. The molecule has 0 fully saturated rings. The number of nitrogens with one attached hydrogen (secondary N) is 1. The minimum absolute atomic E-state index is 0. The summed E-state index contributed by atoms with van der Waals surface area (Å²) < 4.78 is 66.6. The zero-order valence-corrected chi connectivity index (χ0v) is 14.1. The van der Waals surface area contributed by atoms with Gasteiger partial charge in [-0.15, -0.1) is 0 Å². The Balaban J connectivity index is 0. The molecule has 1 N–H and O–H groups in total. The van der Waals surface area contributed by atoms with Gasteiger partial charge in [-0.25, -0.2) is 4.79 Å². The number of halogens is 3. The Hall–Kier alpha value is 0.721. The van der Waals surface area contributed by atoms with Crippen molar-refractivity contribution in [2.45, 2.75) is 38.7 Å². The van der Waals surface area contributed by atoms with Crippen LogP contribution in [-0.2, 0) is 9.47 Å². The number of carbonyl (C=O) groups excluding carboxylic acids is 1. The third-order valence-electron chi connectivity index (χ3n) is 1.56. The van der Waals surface area contributed by atoms with Crippen LogP contribution in [0.4, 0.5) is 17.7 Å². The zero-order chi connectivity index (χ0) is 16.2. The number of hydrogen-bond donors (Lipinski definition) is 1. The summed E-state index contributed by atoms with van der Waals surface area (Å²) in [6, 6.07) is -1.51. The van der Waals surface area contributed by atoms with Crippen LogP contribution in [0.15, 0.2) is 0 Å². The molecule has 9 heteroatoms. The fraction of sp³-hybridized carbons (Fsp3) is 0.889. The summed E-state index contributed by atoms with van der Waals surface area (Å²) in [4.78, 5) is 11.4. The third-order valence-corrected chi connectivity index (χ3v) is 1.56. The largest absolute Gasteiger partial charge is 1.00 e. The minimum Gasteiger partial charge on any atom is -0.449 e. The van der Waals surface area contributed by atoms with E-state index in [4.69, 9.17) is 8.85 Å². The summed E-state index contributed by atoms with van der Waals surface area (Å²) >= 11 is 0. The second-order valence-electron chi connectivity index (χ2n) is 4.60. The first-order chi connectivity index (χ1) is 8.68. The molecule has 0 rings (SSSR count). The van der Waals surface area contributed by atoms with Crippen molar-refractivity contribution in [3.63, 3.8) is 0 Å². The van der Waals surface area contributed by atoms with Crippen LogP contribution in [0.3, 0.4) is 0 Å². The number of methoxy groups -OCH3 is 1. The summed E-state index contributed by atoms with van der Waals surface area (Å²) in [5.74, 6) is 0. The van der Waals surface area contributed by atoms with Crippen molar-refractivity contribution in [2.24, 2.45) is 0 Å². The Morgan fingerprint density at radius 3 is 2.39 bits per heavy atom. The summed E-state index contributed by atoms with van der Waals surface area (Å²) in [5, 5.41) is 1.96. The standard InChI is InChI=1S/C9H18BF3NO3.K/c1-9(2,3)17-8(15)14-7(6-16-4)5-10(11,12)13;/h7H,5-6H2,1-4H3,(H,14,15);/q-1;+1/t7-;/m1./s1/i4D3;. The maximum atomic E-state index is 12.4. The van der Waals surface area contributed by atoms with Crippen molar-refractivity contribution >= 4 is 13.1 Å². The molecule has 0 unspecified atom stereocenters. The molecule has 4 nitrogen and oxygen atoms in total. The SMILES string of the molecule is [2H]C([2H])([2H])OC[C@@H](C[B-](F)(F)F)NC(=O)OC(C)(C)C.[K+]. The zero-order valence-electron chi connectivity index (χ0n) is 13.9. The van der Waals surface area contributed by atoms with Crippen LogP contribution in [-0.4, -0.2) is 38.4 Å². The molecule has 102 valence electrons. The van der Waals surface area contributed by atoms with Crippen molar-refractivity contribution in [2.75, 3.05) is 13.6 Å². The van der Waals surface area contributed by atoms with Crippen LogP contribution in [0.5, 0.6) is 0 Å². The van der Waals surface area contributed by atoms with E-state index in [0.717, 1.165) is 0 Å². The molecule has 1 atom stereocenters. The normalized spacial score (nSPS) is 16.7. The minimum atomic E-state index is -5.20. The molecule has 0 saturated heterocycles. The Morgan fingerprint density at radius 1 is 1.44 bits per heavy atom. The molecule has 0 spiro atoms. The first kappa shape index (κ1) is 15.1. The van der Waals surface area contributed by atoms with Gasteiger partial charge >= 0.3 is 64.5 Å². The van der Waals surface area contributed by atoms with Crippen LogP contribution in [0.1, 0.15) is 24.9 Å². The van der Waals surface area contributed by atoms with E-state index in [0.29, 0.717) is 0 Å². The Bertz CT molecular complexity index is 337. The molecule has 0 aromatic carbocycles. The van der Waals surface area contributed by atoms with Crippen molar-refractivity contribution in [3.8, 4) is 0 Å². The van der Waals surface area contributed by atoms with E-state index >= 15 is 0 Å². The predicted octanol–water partition coefficient (Wildman–Crippen LogP) is -0.622. The third kappa shape index (κ3) is 13.2. The second kappa shape index (κ2) is 8.81. The fourth-order valence-corrected chi connectivity index (χ4v) is 1.07. The van der Waals surface area contributed by atoms with Gasteiger partial charge in [0, 0.05) is 13.1 Å². The monoisotopic (exact) mass is 298 g/mol. The van der Waals surface area contributed by atoms with Gasteiger partial charge in [0.05, 0.1) is 10.7 Å². The molecule has 0 heterocycles. The van der Waals surface area contributed by atoms with Crippen LogP contribution in [0.25, 0.3) is 0 Å². The first-order valence-corrected chi connectivity index (χ1v) is 5.02. The Labute approximate surface area is 152 Å². The van der Waals surface area contributed by atoms with E-state index < -0.39 is 44.7 Å². The maximum absolute atomic E-state index is 12.4. The number of alkyl carbamates (subject to hydrolysis) is 1. The maximum Gasteiger partial charge on any atom is 1.00 e. The van der Waals surface area contributed by atoms with Crippen LogP contribution in [0, 0.1) is 0 Å². The predicted molar refractivity (Wildman–Crippen MR) is 58.9 cm³/mol. The van der Waals surface area contributed by atoms with Gasteiger partial charge in [-0.3, -0.25) is 0 Å². The van der Waals surface area contributed by atoms with Gasteiger partial charge < -0.3 is 27.7 Å². The van der Waals surface area contributed by atoms with E-state index in [1.807, 2.05) is 5.32 Å². The van der Waals surface area contributed by atoms with E-state index in [1.54, 1.807) is 20.8 Å². The van der Waals surface area contributed by atoms with Crippen molar-refractivity contribution in [1.82, 2.24) is 5.32 Å². The fourth-order valence-electron chi connectivity index (χ4n) is 1.07. The number of amides is 1. The molecule has 0 saturated carbocycles. The average molecular weight is 298 g/mol. The Morgan fingerprint density at radius 2 is 2.00 bits per heavy atom. The van der Waals surface area contributed by atoms with Gasteiger partial charge in [-0.05, 0) is 20.8 Å². The number of ether oxygens (including phenoxy) is 2. The van der Waals surface area contributed by atoms with Crippen molar-refractivity contribution in [3.05, 3.63) is 0 Å². The molecule has 0 aliphatic rings. The summed E-state index contributed by atoms with van der Waals surface area (Å²) in [5.41, 5.74) is -0.872.